The van der Waals surface area contributed by atoms with E-state index in [0.717, 1.165) is 65.7 Å². The summed E-state index contributed by atoms with van der Waals surface area (Å²) in [5.74, 6) is 0. The summed E-state index contributed by atoms with van der Waals surface area (Å²) < 4.78 is 79.2. The summed E-state index contributed by atoms with van der Waals surface area (Å²) in [6, 6.07) is 43.9. The maximum absolute atomic E-state index is 10.0. The van der Waals surface area contributed by atoms with Crippen molar-refractivity contribution >= 4 is 43.5 Å². The third-order valence-corrected chi connectivity index (χ3v) is 9.68. The van der Waals surface area contributed by atoms with Gasteiger partial charge in [-0.1, -0.05) is 170 Å². The Labute approximate surface area is 307 Å². The molecule has 0 aliphatic carbocycles. The second-order valence-corrected chi connectivity index (χ2v) is 12.6. The van der Waals surface area contributed by atoms with Crippen molar-refractivity contribution in [1.29, 1.82) is 0 Å². The number of fused-ring (bicyclic) bond motifs is 5. The normalized spacial score (nSPS) is 13.7. The van der Waals surface area contributed by atoms with Crippen molar-refractivity contribution in [2.24, 2.45) is 0 Å². The number of furan rings is 1. The van der Waals surface area contributed by atoms with E-state index in [4.69, 9.17) is 11.3 Å². The van der Waals surface area contributed by atoms with Crippen molar-refractivity contribution in [3.05, 3.63) is 194 Å². The molecule has 0 unspecified atom stereocenters. The zero-order valence-electron chi connectivity index (χ0n) is 35.3. The SMILES string of the molecule is [2H]c1c([2H])c([2H])c(-c2c([2H])c(-c3c4ccccc4c(-c4cccc5oc6ccc(-c7ccccc7)cc6c45)c4ccccc34)c([2H])c([2H])c2-c2ccccc2)c([2H])c1[2H]. The Bertz CT molecular complexity index is 3270. The predicted octanol–water partition coefficient (Wildman–Crippen LogP) is 14.2. The Kier molecular flexibility index (Phi) is 5.21. The molecule has 10 rings (SSSR count). The summed E-state index contributed by atoms with van der Waals surface area (Å²) in [5, 5.41) is 5.09. The van der Waals surface area contributed by atoms with E-state index in [1.54, 1.807) is 24.3 Å². The highest BCUT2D eigenvalue weighted by molar-refractivity contribution is 6.26. The van der Waals surface area contributed by atoms with Crippen LogP contribution in [0.1, 0.15) is 11.0 Å². The fourth-order valence-corrected chi connectivity index (χ4v) is 7.45. The highest BCUT2D eigenvalue weighted by Gasteiger charge is 2.21. The van der Waals surface area contributed by atoms with Gasteiger partial charge in [-0.2, -0.15) is 0 Å². The lowest BCUT2D eigenvalue weighted by atomic mass is 9.83. The van der Waals surface area contributed by atoms with Gasteiger partial charge in [0.2, 0.25) is 0 Å². The second-order valence-electron chi connectivity index (χ2n) is 12.6. The highest BCUT2D eigenvalue weighted by Crippen LogP contribution is 2.48. The van der Waals surface area contributed by atoms with Crippen LogP contribution in [0.5, 0.6) is 0 Å². The summed E-state index contributed by atoms with van der Waals surface area (Å²) in [5.41, 5.74) is 6.69. The maximum atomic E-state index is 10.0. The molecule has 0 radical (unpaired) electrons. The number of hydrogen-bond acceptors (Lipinski definition) is 1. The lowest BCUT2D eigenvalue weighted by Crippen LogP contribution is -1.93. The molecular weight excluding hydrogens is 617 g/mol. The van der Waals surface area contributed by atoms with Gasteiger partial charge in [0, 0.05) is 10.8 Å². The van der Waals surface area contributed by atoms with Gasteiger partial charge in [-0.05, 0) is 101 Å². The summed E-state index contributed by atoms with van der Waals surface area (Å²) in [6.45, 7) is 0. The van der Waals surface area contributed by atoms with Crippen molar-refractivity contribution in [1.82, 2.24) is 0 Å². The third kappa shape index (κ3) is 4.86. The summed E-state index contributed by atoms with van der Waals surface area (Å²) in [6.07, 6.45) is 0. The van der Waals surface area contributed by atoms with Gasteiger partial charge in [-0.15, -0.1) is 0 Å². The Morgan fingerprint density at radius 2 is 0.980 bits per heavy atom. The molecule has 1 nitrogen and oxygen atoms in total. The van der Waals surface area contributed by atoms with Crippen molar-refractivity contribution in [3.63, 3.8) is 0 Å². The molecule has 0 spiro atoms. The molecule has 0 saturated heterocycles. The zero-order valence-corrected chi connectivity index (χ0v) is 27.3. The fourth-order valence-electron chi connectivity index (χ4n) is 7.45. The molecule has 1 heteroatoms. The van der Waals surface area contributed by atoms with Crippen molar-refractivity contribution in [3.8, 4) is 55.6 Å². The molecule has 1 aromatic heterocycles. The maximum Gasteiger partial charge on any atom is 0.136 e. The average molecular weight is 657 g/mol. The molecule has 0 atom stereocenters. The van der Waals surface area contributed by atoms with Gasteiger partial charge in [0.05, 0.1) is 11.0 Å². The van der Waals surface area contributed by atoms with E-state index in [0.29, 0.717) is 11.1 Å². The minimum absolute atomic E-state index is 0.00490. The first-order valence-electron chi connectivity index (χ1n) is 20.9. The van der Waals surface area contributed by atoms with Crippen LogP contribution in [-0.4, -0.2) is 0 Å². The molecule has 1 heterocycles. The van der Waals surface area contributed by atoms with Crippen molar-refractivity contribution in [2.45, 2.75) is 0 Å². The fraction of sp³-hybridized carbons (Fsp3) is 0. The molecule has 10 aromatic rings. The van der Waals surface area contributed by atoms with E-state index in [1.165, 1.54) is 0 Å². The molecule has 51 heavy (non-hydrogen) atoms. The van der Waals surface area contributed by atoms with E-state index in [9.17, 15) is 4.11 Å². The van der Waals surface area contributed by atoms with Gasteiger partial charge >= 0.3 is 0 Å². The molecule has 0 bridgehead atoms. The molecular formula is C50H32O. The summed E-state index contributed by atoms with van der Waals surface area (Å²) in [4.78, 5) is 0. The average Bonchev–Trinajstić information content (AvgIpc) is 3.66. The topological polar surface area (TPSA) is 13.1 Å². The zero-order chi connectivity index (χ0) is 40.7. The van der Waals surface area contributed by atoms with Gasteiger partial charge in [-0.3, -0.25) is 0 Å². The molecule has 0 saturated carbocycles. The standard InChI is InChI=1S/C50H32O/c1-4-15-33(16-5-1)36-28-30-46-45(31-36)50-43(25-14-26-47(50)51-46)49-41-23-12-10-21-39(41)48(40-22-11-13-24-42(40)49)37-27-29-38(34-17-6-2-7-18-34)44(32-37)35-19-8-3-9-20-35/h1-32H/i3D,8D,9D,19D,20D,27D,29D,32D. The molecule has 238 valence electrons. The Morgan fingerprint density at radius 3 is 1.67 bits per heavy atom. The largest absolute Gasteiger partial charge is 0.456 e. The van der Waals surface area contributed by atoms with Crippen LogP contribution in [-0.2, 0) is 0 Å². The van der Waals surface area contributed by atoms with Gasteiger partial charge in [0.25, 0.3) is 0 Å². The number of benzene rings is 9. The van der Waals surface area contributed by atoms with E-state index in [2.05, 4.69) is 30.3 Å². The highest BCUT2D eigenvalue weighted by atomic mass is 16.3. The van der Waals surface area contributed by atoms with Crippen LogP contribution in [0.4, 0.5) is 0 Å². The van der Waals surface area contributed by atoms with Gasteiger partial charge in [0.15, 0.2) is 0 Å². The van der Waals surface area contributed by atoms with Crippen LogP contribution in [0.3, 0.4) is 0 Å². The van der Waals surface area contributed by atoms with E-state index in [-0.39, 0.29) is 40.4 Å². The molecule has 0 aliphatic heterocycles. The summed E-state index contributed by atoms with van der Waals surface area (Å²) >= 11 is 0. The van der Waals surface area contributed by atoms with E-state index < -0.39 is 30.2 Å². The van der Waals surface area contributed by atoms with Gasteiger partial charge in [-0.25, -0.2) is 0 Å². The Morgan fingerprint density at radius 1 is 0.353 bits per heavy atom. The van der Waals surface area contributed by atoms with Crippen LogP contribution >= 0.6 is 0 Å². The van der Waals surface area contributed by atoms with Crippen LogP contribution < -0.4 is 0 Å². The Hall–Kier alpha value is -6.70. The van der Waals surface area contributed by atoms with Crippen LogP contribution in [0.15, 0.2) is 198 Å². The quantitative estimate of drug-likeness (QED) is 0.168. The minimum Gasteiger partial charge on any atom is -0.456 e. The monoisotopic (exact) mass is 656 g/mol. The Balaban J connectivity index is 1.34. The van der Waals surface area contributed by atoms with Gasteiger partial charge < -0.3 is 4.42 Å². The van der Waals surface area contributed by atoms with Gasteiger partial charge in [0.1, 0.15) is 11.2 Å². The van der Waals surface area contributed by atoms with E-state index >= 15 is 0 Å². The van der Waals surface area contributed by atoms with Crippen LogP contribution in [0.2, 0.25) is 0 Å². The van der Waals surface area contributed by atoms with Crippen LogP contribution in [0.25, 0.3) is 99.1 Å². The first-order valence-corrected chi connectivity index (χ1v) is 16.9. The van der Waals surface area contributed by atoms with Crippen molar-refractivity contribution < 1.29 is 15.4 Å². The predicted molar refractivity (Wildman–Crippen MR) is 216 cm³/mol. The lowest BCUT2D eigenvalue weighted by Gasteiger charge is -2.19. The first kappa shape index (κ1) is 22.1. The third-order valence-electron chi connectivity index (χ3n) is 9.68. The smallest absolute Gasteiger partial charge is 0.136 e. The van der Waals surface area contributed by atoms with Crippen LogP contribution in [0, 0.1) is 0 Å². The molecule has 0 aliphatic rings. The number of rotatable bonds is 5. The molecule has 9 aromatic carbocycles. The molecule has 0 fully saturated rings. The van der Waals surface area contributed by atoms with Crippen molar-refractivity contribution in [2.75, 3.05) is 0 Å². The first-order chi connectivity index (χ1) is 28.7. The number of hydrogen-bond donors (Lipinski definition) is 0. The molecule has 0 N–H and O–H groups in total. The minimum atomic E-state index is -0.552. The lowest BCUT2D eigenvalue weighted by molar-refractivity contribution is 0.669. The van der Waals surface area contributed by atoms with E-state index in [1.807, 2.05) is 91.0 Å². The second kappa shape index (κ2) is 12.0. The summed E-state index contributed by atoms with van der Waals surface area (Å²) in [7, 11) is 0. The molecule has 0 amide bonds.